The number of rotatable bonds is 5. The number of benzene rings is 2. The number of esters is 1. The van der Waals surface area contributed by atoms with Crippen molar-refractivity contribution in [2.75, 3.05) is 24.9 Å². The van der Waals surface area contributed by atoms with E-state index in [1.165, 1.54) is 7.11 Å². The van der Waals surface area contributed by atoms with Crippen LogP contribution < -0.4 is 20.1 Å². The van der Waals surface area contributed by atoms with Crippen LogP contribution in [0.1, 0.15) is 38.8 Å². The van der Waals surface area contributed by atoms with Crippen molar-refractivity contribution in [1.29, 1.82) is 0 Å². The summed E-state index contributed by atoms with van der Waals surface area (Å²) in [6, 6.07) is 12.9. The maximum Gasteiger partial charge on any atom is 0.316 e. The Morgan fingerprint density at radius 2 is 1.79 bits per heavy atom. The molecule has 0 fully saturated rings. The Labute approximate surface area is 194 Å². The fraction of sp³-hybridized carbons (Fsp3) is 0.385. The number of ketones is 1. The largest absolute Gasteiger partial charge is 0.493 e. The molecule has 0 radical (unpaired) electrons. The summed E-state index contributed by atoms with van der Waals surface area (Å²) in [7, 11) is 2.91. The Morgan fingerprint density at radius 3 is 2.45 bits per heavy atom. The van der Waals surface area contributed by atoms with Crippen molar-refractivity contribution < 1.29 is 23.8 Å². The second kappa shape index (κ2) is 9.17. The maximum atomic E-state index is 13.8. The molecule has 174 valence electrons. The molecule has 0 saturated heterocycles. The van der Waals surface area contributed by atoms with Crippen LogP contribution in [0.4, 0.5) is 11.4 Å². The number of ether oxygens (including phenoxy) is 3. The fourth-order valence-electron chi connectivity index (χ4n) is 4.65. The molecule has 2 N–H and O–H groups in total. The minimum Gasteiger partial charge on any atom is -0.493 e. The molecule has 33 heavy (non-hydrogen) atoms. The Bertz CT molecular complexity index is 1110. The van der Waals surface area contributed by atoms with Crippen LogP contribution in [0.5, 0.6) is 11.5 Å². The SMILES string of the molecule is COC(=O)[C@@H]1C(=O)C2=C(C[C@H]1C)Nc1ccccc1N[C@H]2c1cccc(OC)c1OC(C)C. The van der Waals surface area contributed by atoms with E-state index in [1.54, 1.807) is 7.11 Å². The lowest BCUT2D eigenvalue weighted by atomic mass is 9.74. The summed E-state index contributed by atoms with van der Waals surface area (Å²) in [4.78, 5) is 26.4. The van der Waals surface area contributed by atoms with E-state index >= 15 is 0 Å². The van der Waals surface area contributed by atoms with Crippen LogP contribution in [0, 0.1) is 11.8 Å². The number of nitrogens with one attached hydrogen (secondary N) is 2. The van der Waals surface area contributed by atoms with Crippen molar-refractivity contribution in [1.82, 2.24) is 0 Å². The topological polar surface area (TPSA) is 85.9 Å². The van der Waals surface area contributed by atoms with Gasteiger partial charge >= 0.3 is 5.97 Å². The second-order valence-corrected chi connectivity index (χ2v) is 8.73. The second-order valence-electron chi connectivity index (χ2n) is 8.73. The number of Topliss-reactive ketones (excluding diaryl/α,β-unsaturated/α-hetero) is 1. The Morgan fingerprint density at radius 1 is 1.06 bits per heavy atom. The van der Waals surface area contributed by atoms with Gasteiger partial charge in [0.05, 0.1) is 37.7 Å². The van der Waals surface area contributed by atoms with E-state index < -0.39 is 17.9 Å². The monoisotopic (exact) mass is 450 g/mol. The van der Waals surface area contributed by atoms with Gasteiger partial charge in [-0.15, -0.1) is 0 Å². The fourth-order valence-corrected chi connectivity index (χ4v) is 4.65. The highest BCUT2D eigenvalue weighted by Crippen LogP contribution is 2.47. The number of carbonyl (C=O) groups is 2. The zero-order chi connectivity index (χ0) is 23.7. The number of allylic oxidation sites excluding steroid dienone is 1. The molecule has 2 aliphatic rings. The first-order chi connectivity index (χ1) is 15.8. The number of hydrogen-bond donors (Lipinski definition) is 2. The van der Waals surface area contributed by atoms with Crippen molar-refractivity contribution in [3.8, 4) is 11.5 Å². The molecule has 2 aromatic carbocycles. The van der Waals surface area contributed by atoms with Gasteiger partial charge in [-0.05, 0) is 44.4 Å². The van der Waals surface area contributed by atoms with E-state index in [4.69, 9.17) is 14.2 Å². The third-order valence-corrected chi connectivity index (χ3v) is 6.12. The molecule has 1 aliphatic carbocycles. The molecule has 0 spiro atoms. The summed E-state index contributed by atoms with van der Waals surface area (Å²) in [5, 5.41) is 6.99. The summed E-state index contributed by atoms with van der Waals surface area (Å²) in [6.45, 7) is 5.79. The number of methoxy groups -OCH3 is 2. The van der Waals surface area contributed by atoms with Gasteiger partial charge in [-0.1, -0.05) is 31.2 Å². The van der Waals surface area contributed by atoms with Crippen LogP contribution in [0.3, 0.4) is 0 Å². The lowest BCUT2D eigenvalue weighted by molar-refractivity contribution is -0.151. The molecule has 0 saturated carbocycles. The van der Waals surface area contributed by atoms with Crippen molar-refractivity contribution in [3.63, 3.8) is 0 Å². The predicted molar refractivity (Wildman–Crippen MR) is 127 cm³/mol. The van der Waals surface area contributed by atoms with E-state index in [1.807, 2.05) is 63.2 Å². The first-order valence-corrected chi connectivity index (χ1v) is 11.2. The summed E-state index contributed by atoms with van der Waals surface area (Å²) >= 11 is 0. The predicted octanol–water partition coefficient (Wildman–Crippen LogP) is 4.71. The highest BCUT2D eigenvalue weighted by molar-refractivity contribution is 6.11. The van der Waals surface area contributed by atoms with Crippen molar-refractivity contribution in [2.45, 2.75) is 39.3 Å². The van der Waals surface area contributed by atoms with E-state index in [0.717, 1.165) is 22.6 Å². The summed E-state index contributed by atoms with van der Waals surface area (Å²) < 4.78 is 16.8. The quantitative estimate of drug-likeness (QED) is 0.504. The van der Waals surface area contributed by atoms with Gasteiger partial charge < -0.3 is 24.8 Å². The van der Waals surface area contributed by atoms with Gasteiger partial charge in [0.1, 0.15) is 5.92 Å². The van der Waals surface area contributed by atoms with Crippen LogP contribution >= 0.6 is 0 Å². The minimum absolute atomic E-state index is 0.102. The molecule has 1 heterocycles. The Balaban J connectivity index is 1.93. The van der Waals surface area contributed by atoms with Crippen LogP contribution in [-0.4, -0.2) is 32.1 Å². The number of para-hydroxylation sites is 3. The van der Waals surface area contributed by atoms with Gasteiger partial charge in [0, 0.05) is 16.8 Å². The first-order valence-electron chi connectivity index (χ1n) is 11.2. The highest BCUT2D eigenvalue weighted by Gasteiger charge is 2.45. The van der Waals surface area contributed by atoms with E-state index in [0.29, 0.717) is 23.5 Å². The number of anilines is 2. The van der Waals surface area contributed by atoms with Gasteiger partial charge in [0.2, 0.25) is 0 Å². The zero-order valence-electron chi connectivity index (χ0n) is 19.6. The van der Waals surface area contributed by atoms with Gasteiger partial charge in [0.25, 0.3) is 0 Å². The summed E-state index contributed by atoms with van der Waals surface area (Å²) in [6.07, 6.45) is 0.437. The van der Waals surface area contributed by atoms with Crippen molar-refractivity contribution in [2.24, 2.45) is 11.8 Å². The minimum atomic E-state index is -0.860. The number of fused-ring (bicyclic) bond motifs is 1. The smallest absolute Gasteiger partial charge is 0.316 e. The van der Waals surface area contributed by atoms with Crippen LogP contribution in [0.25, 0.3) is 0 Å². The molecule has 0 aromatic heterocycles. The average molecular weight is 451 g/mol. The molecular formula is C26H30N2O5. The molecular weight excluding hydrogens is 420 g/mol. The lowest BCUT2D eigenvalue weighted by Gasteiger charge is -2.33. The molecule has 0 unspecified atom stereocenters. The van der Waals surface area contributed by atoms with Gasteiger partial charge in [-0.3, -0.25) is 9.59 Å². The van der Waals surface area contributed by atoms with E-state index in [9.17, 15) is 9.59 Å². The molecule has 1 aliphatic heterocycles. The summed E-state index contributed by atoms with van der Waals surface area (Å²) in [5.41, 5.74) is 3.80. The molecule has 7 nitrogen and oxygen atoms in total. The van der Waals surface area contributed by atoms with Crippen molar-refractivity contribution in [3.05, 3.63) is 59.3 Å². The third-order valence-electron chi connectivity index (χ3n) is 6.12. The van der Waals surface area contributed by atoms with Crippen LogP contribution in [0.2, 0.25) is 0 Å². The van der Waals surface area contributed by atoms with Gasteiger partial charge in [0.15, 0.2) is 17.3 Å². The molecule has 3 atom stereocenters. The number of hydrogen-bond acceptors (Lipinski definition) is 7. The van der Waals surface area contributed by atoms with E-state index in [-0.39, 0.29) is 17.8 Å². The van der Waals surface area contributed by atoms with Gasteiger partial charge in [-0.2, -0.15) is 0 Å². The average Bonchev–Trinajstić information content (AvgIpc) is 2.95. The van der Waals surface area contributed by atoms with Gasteiger partial charge in [-0.25, -0.2) is 0 Å². The molecule has 7 heteroatoms. The Hall–Kier alpha value is -3.48. The molecule has 4 rings (SSSR count). The number of carbonyl (C=O) groups excluding carboxylic acids is 2. The van der Waals surface area contributed by atoms with Crippen LogP contribution in [-0.2, 0) is 14.3 Å². The standard InChI is InChI=1S/C26H30N2O5/c1-14(2)33-25-16(9-8-12-20(25)31-4)23-22-19(27-17-10-6-7-11-18(17)28-23)13-15(3)21(24(22)29)26(30)32-5/h6-12,14-15,21,23,27-28H,13H2,1-5H3/t15-,21+,23+/m1/s1. The van der Waals surface area contributed by atoms with Crippen molar-refractivity contribution >= 4 is 23.1 Å². The molecule has 0 amide bonds. The molecule has 2 aromatic rings. The van der Waals surface area contributed by atoms with E-state index in [2.05, 4.69) is 10.6 Å². The first kappa shape index (κ1) is 22.7. The third kappa shape index (κ3) is 4.15. The highest BCUT2D eigenvalue weighted by atomic mass is 16.5. The normalized spacial score (nSPS) is 21.9. The maximum absolute atomic E-state index is 13.8. The Kier molecular flexibility index (Phi) is 6.31. The summed E-state index contributed by atoms with van der Waals surface area (Å²) in [5.74, 6) is -0.660. The van der Waals surface area contributed by atoms with Crippen LogP contribution in [0.15, 0.2) is 53.7 Å². The zero-order valence-corrected chi connectivity index (χ0v) is 19.6. The lowest BCUT2D eigenvalue weighted by Crippen LogP contribution is -2.39. The molecule has 0 bridgehead atoms.